The quantitative estimate of drug-likeness (QED) is 0.805. The second-order valence-electron chi connectivity index (χ2n) is 4.35. The third-order valence-corrected chi connectivity index (χ3v) is 3.01. The molecule has 0 saturated heterocycles. The van der Waals surface area contributed by atoms with E-state index >= 15 is 0 Å². The molecule has 0 spiro atoms. The third-order valence-electron chi connectivity index (χ3n) is 3.01. The van der Waals surface area contributed by atoms with Gasteiger partial charge in [-0.1, -0.05) is 13.0 Å². The van der Waals surface area contributed by atoms with Crippen LogP contribution in [0.2, 0.25) is 0 Å². The number of rotatable bonds is 5. The lowest BCUT2D eigenvalue weighted by Gasteiger charge is -2.20. The SMILES string of the molecule is CCCC(=O)N(CC)Cc1ccc2c(c1)OCO2. The number of carbonyl (C=O) groups is 1. The zero-order valence-electron chi connectivity index (χ0n) is 10.9. The number of fused-ring (bicyclic) bond motifs is 1. The summed E-state index contributed by atoms with van der Waals surface area (Å²) in [5, 5.41) is 0. The number of hydrogen-bond acceptors (Lipinski definition) is 3. The van der Waals surface area contributed by atoms with Gasteiger partial charge in [0.2, 0.25) is 12.7 Å². The van der Waals surface area contributed by atoms with Crippen molar-refractivity contribution in [2.24, 2.45) is 0 Å². The number of benzene rings is 1. The molecule has 1 amide bonds. The topological polar surface area (TPSA) is 38.8 Å². The van der Waals surface area contributed by atoms with Gasteiger partial charge in [0.15, 0.2) is 11.5 Å². The molecule has 0 aliphatic carbocycles. The lowest BCUT2D eigenvalue weighted by Crippen LogP contribution is -2.29. The summed E-state index contributed by atoms with van der Waals surface area (Å²) in [6.07, 6.45) is 1.49. The number of ether oxygens (including phenoxy) is 2. The summed E-state index contributed by atoms with van der Waals surface area (Å²) in [5.74, 6) is 1.76. The van der Waals surface area contributed by atoms with Gasteiger partial charge in [-0.05, 0) is 31.0 Å². The third kappa shape index (κ3) is 2.75. The summed E-state index contributed by atoms with van der Waals surface area (Å²) < 4.78 is 10.6. The van der Waals surface area contributed by atoms with Crippen molar-refractivity contribution in [2.45, 2.75) is 33.2 Å². The van der Waals surface area contributed by atoms with Crippen molar-refractivity contribution in [3.63, 3.8) is 0 Å². The van der Waals surface area contributed by atoms with E-state index < -0.39 is 0 Å². The number of hydrogen-bond donors (Lipinski definition) is 0. The van der Waals surface area contributed by atoms with Crippen molar-refractivity contribution >= 4 is 5.91 Å². The molecule has 1 heterocycles. The van der Waals surface area contributed by atoms with Crippen molar-refractivity contribution in [1.82, 2.24) is 4.90 Å². The Hall–Kier alpha value is -1.71. The first kappa shape index (κ1) is 12.7. The minimum absolute atomic E-state index is 0.206. The Balaban J connectivity index is 2.05. The summed E-state index contributed by atoms with van der Waals surface area (Å²) in [6.45, 7) is 5.66. The number of nitrogens with zero attached hydrogens (tertiary/aromatic N) is 1. The molecule has 0 radical (unpaired) electrons. The second-order valence-corrected chi connectivity index (χ2v) is 4.35. The monoisotopic (exact) mass is 249 g/mol. The molecule has 1 aromatic carbocycles. The normalized spacial score (nSPS) is 12.6. The van der Waals surface area contributed by atoms with Crippen LogP contribution in [0, 0.1) is 0 Å². The first-order valence-electron chi connectivity index (χ1n) is 6.41. The highest BCUT2D eigenvalue weighted by Crippen LogP contribution is 2.32. The Labute approximate surface area is 107 Å². The van der Waals surface area contributed by atoms with Crippen molar-refractivity contribution in [3.05, 3.63) is 23.8 Å². The van der Waals surface area contributed by atoms with E-state index in [1.807, 2.05) is 36.9 Å². The Morgan fingerprint density at radius 2 is 2.06 bits per heavy atom. The molecular weight excluding hydrogens is 230 g/mol. The molecule has 2 rings (SSSR count). The van der Waals surface area contributed by atoms with Crippen LogP contribution >= 0.6 is 0 Å². The molecule has 0 unspecified atom stereocenters. The molecule has 0 aromatic heterocycles. The highest BCUT2D eigenvalue weighted by molar-refractivity contribution is 5.76. The zero-order valence-corrected chi connectivity index (χ0v) is 10.9. The minimum Gasteiger partial charge on any atom is -0.454 e. The van der Waals surface area contributed by atoms with Crippen molar-refractivity contribution < 1.29 is 14.3 Å². The predicted molar refractivity (Wildman–Crippen MR) is 68.6 cm³/mol. The Morgan fingerprint density at radius 1 is 1.28 bits per heavy atom. The largest absolute Gasteiger partial charge is 0.454 e. The van der Waals surface area contributed by atoms with Gasteiger partial charge in [-0.15, -0.1) is 0 Å². The molecule has 0 atom stereocenters. The van der Waals surface area contributed by atoms with Gasteiger partial charge in [0, 0.05) is 19.5 Å². The first-order valence-corrected chi connectivity index (χ1v) is 6.41. The molecule has 1 aliphatic heterocycles. The van der Waals surface area contributed by atoms with E-state index in [4.69, 9.17) is 9.47 Å². The zero-order chi connectivity index (χ0) is 13.0. The predicted octanol–water partition coefficient (Wildman–Crippen LogP) is 2.56. The van der Waals surface area contributed by atoms with E-state index in [1.165, 1.54) is 0 Å². The van der Waals surface area contributed by atoms with Gasteiger partial charge in [0.25, 0.3) is 0 Å². The van der Waals surface area contributed by atoms with Gasteiger partial charge in [0.05, 0.1) is 0 Å². The van der Waals surface area contributed by atoms with E-state index in [0.29, 0.717) is 13.0 Å². The maximum atomic E-state index is 11.9. The van der Waals surface area contributed by atoms with Gasteiger partial charge >= 0.3 is 0 Å². The maximum absolute atomic E-state index is 11.9. The average molecular weight is 249 g/mol. The van der Waals surface area contributed by atoms with Crippen LogP contribution in [0.1, 0.15) is 32.3 Å². The molecule has 4 heteroatoms. The second kappa shape index (κ2) is 5.76. The van der Waals surface area contributed by atoms with Gasteiger partial charge in [-0.2, -0.15) is 0 Å². The fraction of sp³-hybridized carbons (Fsp3) is 0.500. The van der Waals surface area contributed by atoms with Crippen LogP contribution in [-0.2, 0) is 11.3 Å². The van der Waals surface area contributed by atoms with Gasteiger partial charge < -0.3 is 14.4 Å². The Morgan fingerprint density at radius 3 is 2.78 bits per heavy atom. The smallest absolute Gasteiger partial charge is 0.231 e. The van der Waals surface area contributed by atoms with Crippen molar-refractivity contribution in [2.75, 3.05) is 13.3 Å². The molecule has 98 valence electrons. The molecule has 4 nitrogen and oxygen atoms in total. The molecule has 18 heavy (non-hydrogen) atoms. The minimum atomic E-state index is 0.206. The van der Waals surface area contributed by atoms with Crippen LogP contribution < -0.4 is 9.47 Å². The number of carbonyl (C=O) groups excluding carboxylic acids is 1. The molecule has 1 aromatic rings. The summed E-state index contributed by atoms with van der Waals surface area (Å²) >= 11 is 0. The van der Waals surface area contributed by atoms with Crippen LogP contribution in [0.3, 0.4) is 0 Å². The highest BCUT2D eigenvalue weighted by Gasteiger charge is 2.16. The fourth-order valence-electron chi connectivity index (χ4n) is 2.01. The molecule has 0 N–H and O–H groups in total. The fourth-order valence-corrected chi connectivity index (χ4v) is 2.01. The lowest BCUT2D eigenvalue weighted by molar-refractivity contribution is -0.131. The Bertz CT molecular complexity index is 431. The standard InChI is InChI=1S/C14H19NO3/c1-3-5-14(16)15(4-2)9-11-6-7-12-13(8-11)18-10-17-12/h6-8H,3-5,9-10H2,1-2H3. The van der Waals surface area contributed by atoms with E-state index in [-0.39, 0.29) is 12.7 Å². The summed E-state index contributed by atoms with van der Waals surface area (Å²) in [4.78, 5) is 13.7. The van der Waals surface area contributed by atoms with Crippen LogP contribution in [0.25, 0.3) is 0 Å². The van der Waals surface area contributed by atoms with Crippen molar-refractivity contribution in [3.8, 4) is 11.5 Å². The van der Waals surface area contributed by atoms with E-state index in [1.54, 1.807) is 0 Å². The van der Waals surface area contributed by atoms with Crippen molar-refractivity contribution in [1.29, 1.82) is 0 Å². The summed E-state index contributed by atoms with van der Waals surface area (Å²) in [7, 11) is 0. The van der Waals surface area contributed by atoms with E-state index in [2.05, 4.69) is 0 Å². The van der Waals surface area contributed by atoms with Gasteiger partial charge in [-0.3, -0.25) is 4.79 Å². The highest BCUT2D eigenvalue weighted by atomic mass is 16.7. The first-order chi connectivity index (χ1) is 8.74. The van der Waals surface area contributed by atoms with Gasteiger partial charge in [0.1, 0.15) is 0 Å². The van der Waals surface area contributed by atoms with Crippen LogP contribution in [-0.4, -0.2) is 24.1 Å². The summed E-state index contributed by atoms with van der Waals surface area (Å²) in [5.41, 5.74) is 1.07. The molecule has 1 aliphatic rings. The molecule has 0 saturated carbocycles. The average Bonchev–Trinajstić information content (AvgIpc) is 2.83. The Kier molecular flexibility index (Phi) is 4.07. The van der Waals surface area contributed by atoms with Crippen LogP contribution in [0.15, 0.2) is 18.2 Å². The lowest BCUT2D eigenvalue weighted by atomic mass is 10.1. The maximum Gasteiger partial charge on any atom is 0.231 e. The van der Waals surface area contributed by atoms with Crippen LogP contribution in [0.4, 0.5) is 0 Å². The van der Waals surface area contributed by atoms with E-state index in [9.17, 15) is 4.79 Å². The van der Waals surface area contributed by atoms with Crippen LogP contribution in [0.5, 0.6) is 11.5 Å². The van der Waals surface area contributed by atoms with E-state index in [0.717, 1.165) is 30.0 Å². The molecule has 0 bridgehead atoms. The number of amides is 1. The van der Waals surface area contributed by atoms with Gasteiger partial charge in [-0.25, -0.2) is 0 Å². The summed E-state index contributed by atoms with van der Waals surface area (Å²) in [6, 6.07) is 5.83. The molecule has 0 fully saturated rings. The molecular formula is C14H19NO3.